The largest absolute Gasteiger partial charge is 0.403 e. The van der Waals surface area contributed by atoms with Gasteiger partial charge in [0.2, 0.25) is 0 Å². The number of nitrogens with zero attached hydrogens (tertiary/aromatic N) is 4. The maximum absolute atomic E-state index is 12.7. The van der Waals surface area contributed by atoms with Crippen molar-refractivity contribution in [1.82, 2.24) is 20.5 Å². The highest BCUT2D eigenvalue weighted by Gasteiger charge is 2.22. The average Bonchev–Trinajstić information content (AvgIpc) is 3.30. The minimum absolute atomic E-state index is 0.232. The lowest BCUT2D eigenvalue weighted by Gasteiger charge is -2.37. The molecule has 33 heavy (non-hydrogen) atoms. The molecule has 3 aromatic rings. The first kappa shape index (κ1) is 23.6. The number of anilines is 1. The third-order valence-electron chi connectivity index (χ3n) is 5.58. The SMILES string of the molecule is CC.Cc1c(N2CCN(N)/C(=C\N)C2)ccc2c(C(=O)NCc3ccc(C#N)cc3)[nH]nc12. The zero-order valence-corrected chi connectivity index (χ0v) is 19.2. The number of hydrogen-bond acceptors (Lipinski definition) is 7. The number of benzene rings is 2. The Balaban J connectivity index is 0.00000149. The van der Waals surface area contributed by atoms with Crippen LogP contribution in [0, 0.1) is 18.3 Å². The minimum Gasteiger partial charge on any atom is -0.403 e. The summed E-state index contributed by atoms with van der Waals surface area (Å²) >= 11 is 0. The maximum Gasteiger partial charge on any atom is 0.270 e. The second-order valence-corrected chi connectivity index (χ2v) is 7.47. The molecule has 1 aromatic heterocycles. The van der Waals surface area contributed by atoms with Crippen molar-refractivity contribution in [2.75, 3.05) is 24.5 Å². The first-order valence-electron chi connectivity index (χ1n) is 10.9. The number of nitrogens with two attached hydrogens (primary N) is 2. The zero-order valence-electron chi connectivity index (χ0n) is 19.2. The number of amides is 1. The molecule has 6 N–H and O–H groups in total. The van der Waals surface area contributed by atoms with Crippen molar-refractivity contribution in [2.24, 2.45) is 11.6 Å². The molecular formula is C24H30N8O. The predicted molar refractivity (Wildman–Crippen MR) is 130 cm³/mol. The molecule has 9 heteroatoms. The summed E-state index contributed by atoms with van der Waals surface area (Å²) in [6.45, 7) is 8.41. The quantitative estimate of drug-likeness (QED) is 0.451. The number of piperazine rings is 1. The van der Waals surface area contributed by atoms with E-state index in [0.717, 1.165) is 40.0 Å². The Morgan fingerprint density at radius 1 is 1.24 bits per heavy atom. The molecule has 0 unspecified atom stereocenters. The predicted octanol–water partition coefficient (Wildman–Crippen LogP) is 2.50. The summed E-state index contributed by atoms with van der Waals surface area (Å²) < 4.78 is 0. The summed E-state index contributed by atoms with van der Waals surface area (Å²) in [5, 5.41) is 21.5. The smallest absolute Gasteiger partial charge is 0.270 e. The Kier molecular flexibility index (Phi) is 7.53. The number of aryl methyl sites for hydroxylation is 1. The van der Waals surface area contributed by atoms with E-state index in [1.807, 2.05) is 45.0 Å². The van der Waals surface area contributed by atoms with E-state index >= 15 is 0 Å². The van der Waals surface area contributed by atoms with E-state index in [4.69, 9.17) is 16.8 Å². The fourth-order valence-corrected chi connectivity index (χ4v) is 3.78. The second-order valence-electron chi connectivity index (χ2n) is 7.47. The number of carbonyl (C=O) groups excluding carboxylic acids is 1. The fourth-order valence-electron chi connectivity index (χ4n) is 3.78. The zero-order chi connectivity index (χ0) is 24.0. The molecule has 9 nitrogen and oxygen atoms in total. The summed E-state index contributed by atoms with van der Waals surface area (Å²) in [5.41, 5.74) is 11.3. The van der Waals surface area contributed by atoms with Gasteiger partial charge in [0.25, 0.3) is 5.91 Å². The maximum atomic E-state index is 12.7. The van der Waals surface area contributed by atoms with Gasteiger partial charge in [-0.15, -0.1) is 0 Å². The van der Waals surface area contributed by atoms with Crippen molar-refractivity contribution in [1.29, 1.82) is 5.26 Å². The van der Waals surface area contributed by atoms with Crippen LogP contribution in [0.1, 0.15) is 41.0 Å². The van der Waals surface area contributed by atoms with Crippen LogP contribution in [0.15, 0.2) is 48.3 Å². The number of nitrogens with one attached hydrogen (secondary N) is 2. The van der Waals surface area contributed by atoms with Crippen molar-refractivity contribution < 1.29 is 4.79 Å². The third kappa shape index (κ3) is 4.91. The second kappa shape index (κ2) is 10.5. The Hall–Kier alpha value is -4.03. The number of nitriles is 1. The van der Waals surface area contributed by atoms with E-state index in [9.17, 15) is 4.79 Å². The summed E-state index contributed by atoms with van der Waals surface area (Å²) in [7, 11) is 0. The summed E-state index contributed by atoms with van der Waals surface area (Å²) in [5.74, 6) is 5.73. The molecule has 1 saturated heterocycles. The van der Waals surface area contributed by atoms with Crippen molar-refractivity contribution in [2.45, 2.75) is 27.3 Å². The molecule has 1 fully saturated rings. The number of hydrazine groups is 1. The van der Waals surface area contributed by atoms with Crippen molar-refractivity contribution in [3.05, 3.63) is 70.7 Å². The van der Waals surface area contributed by atoms with Crippen molar-refractivity contribution >= 4 is 22.5 Å². The minimum atomic E-state index is -0.232. The van der Waals surface area contributed by atoms with Crippen LogP contribution in [0.4, 0.5) is 5.69 Å². The van der Waals surface area contributed by atoms with E-state index < -0.39 is 0 Å². The molecule has 0 saturated carbocycles. The van der Waals surface area contributed by atoms with Gasteiger partial charge in [-0.25, -0.2) is 5.84 Å². The van der Waals surface area contributed by atoms with E-state index in [1.165, 1.54) is 6.20 Å². The summed E-state index contributed by atoms with van der Waals surface area (Å²) in [6.07, 6.45) is 1.53. The van der Waals surface area contributed by atoms with Crippen LogP contribution in [0.2, 0.25) is 0 Å². The lowest BCUT2D eigenvalue weighted by molar-refractivity contribution is 0.0947. The molecule has 0 atom stereocenters. The number of aromatic nitrogens is 2. The number of aromatic amines is 1. The van der Waals surface area contributed by atoms with Gasteiger partial charge in [0.15, 0.2) is 0 Å². The van der Waals surface area contributed by atoms with Gasteiger partial charge in [0.1, 0.15) is 5.69 Å². The van der Waals surface area contributed by atoms with Gasteiger partial charge >= 0.3 is 0 Å². The first-order chi connectivity index (χ1) is 16.0. The van der Waals surface area contributed by atoms with Crippen molar-refractivity contribution in [3.63, 3.8) is 0 Å². The number of fused-ring (bicyclic) bond motifs is 1. The molecule has 0 bridgehead atoms. The topological polar surface area (TPSA) is 140 Å². The van der Waals surface area contributed by atoms with Gasteiger partial charge in [-0.1, -0.05) is 26.0 Å². The van der Waals surface area contributed by atoms with Crippen LogP contribution < -0.4 is 21.8 Å². The average molecular weight is 447 g/mol. The fraction of sp³-hybridized carbons (Fsp3) is 0.292. The molecule has 0 radical (unpaired) electrons. The van der Waals surface area contributed by atoms with E-state index in [2.05, 4.69) is 26.5 Å². The molecule has 2 aromatic carbocycles. The van der Waals surface area contributed by atoms with E-state index in [-0.39, 0.29) is 5.91 Å². The molecule has 1 aliphatic heterocycles. The number of hydrogen-bond donors (Lipinski definition) is 4. The monoisotopic (exact) mass is 446 g/mol. The lowest BCUT2D eigenvalue weighted by atomic mass is 10.1. The van der Waals surface area contributed by atoms with E-state index in [1.54, 1.807) is 17.1 Å². The molecule has 2 heterocycles. The summed E-state index contributed by atoms with van der Waals surface area (Å²) in [6, 6.07) is 13.1. The van der Waals surface area contributed by atoms with Gasteiger partial charge in [0, 0.05) is 35.9 Å². The van der Waals surface area contributed by atoms with E-state index in [0.29, 0.717) is 30.9 Å². The Bertz CT molecular complexity index is 1190. The normalized spacial score (nSPS) is 14.6. The van der Waals surface area contributed by atoms with Crippen LogP contribution >= 0.6 is 0 Å². The van der Waals surface area contributed by atoms with Gasteiger partial charge < -0.3 is 21.0 Å². The van der Waals surface area contributed by atoms with Crippen LogP contribution in [0.25, 0.3) is 10.9 Å². The highest BCUT2D eigenvalue weighted by molar-refractivity contribution is 6.06. The lowest BCUT2D eigenvalue weighted by Crippen LogP contribution is -2.48. The Labute approximate surface area is 193 Å². The van der Waals surface area contributed by atoms with Crippen LogP contribution in [0.3, 0.4) is 0 Å². The Morgan fingerprint density at radius 3 is 2.64 bits per heavy atom. The van der Waals surface area contributed by atoms with Gasteiger partial charge in [-0.3, -0.25) is 9.89 Å². The number of H-pyrrole nitrogens is 1. The molecular weight excluding hydrogens is 416 g/mol. The molecule has 1 amide bonds. The van der Waals surface area contributed by atoms with Gasteiger partial charge in [-0.05, 0) is 36.8 Å². The number of carbonyl (C=O) groups is 1. The highest BCUT2D eigenvalue weighted by Crippen LogP contribution is 2.30. The molecule has 4 rings (SSSR count). The molecule has 172 valence electrons. The van der Waals surface area contributed by atoms with Gasteiger partial charge in [0.05, 0.1) is 35.9 Å². The van der Waals surface area contributed by atoms with Crippen molar-refractivity contribution in [3.8, 4) is 6.07 Å². The van der Waals surface area contributed by atoms with Crippen LogP contribution in [-0.2, 0) is 6.54 Å². The van der Waals surface area contributed by atoms with Gasteiger partial charge in [-0.2, -0.15) is 10.4 Å². The highest BCUT2D eigenvalue weighted by atomic mass is 16.1. The third-order valence-corrected chi connectivity index (χ3v) is 5.58. The molecule has 1 aliphatic rings. The van der Waals surface area contributed by atoms with Crippen LogP contribution in [-0.4, -0.2) is 40.7 Å². The van der Waals surface area contributed by atoms with Crippen LogP contribution in [0.5, 0.6) is 0 Å². The molecule has 0 aliphatic carbocycles. The molecule has 0 spiro atoms. The summed E-state index contributed by atoms with van der Waals surface area (Å²) in [4.78, 5) is 15.0. The standard InChI is InChI=1S/C22H24N8O.C2H6/c1-14-19(29-8-9-30(25)17(11-24)13-29)7-6-18-20(14)27-28-21(18)22(31)26-12-16-4-2-15(10-23)3-5-16;1-2/h2-7,11H,8-9,12-13,24-25H2,1H3,(H,26,31)(H,27,28);1-2H3/b17-11-;. The first-order valence-corrected chi connectivity index (χ1v) is 10.9. The Morgan fingerprint density at radius 2 is 1.97 bits per heavy atom. The number of rotatable bonds is 4.